The molecule has 0 saturated heterocycles. The van der Waals surface area contributed by atoms with Crippen molar-refractivity contribution < 1.29 is 9.59 Å². The number of rotatable bonds is 2. The van der Waals surface area contributed by atoms with Crippen molar-refractivity contribution in [3.63, 3.8) is 0 Å². The van der Waals surface area contributed by atoms with Crippen LogP contribution in [0.15, 0.2) is 23.2 Å². The van der Waals surface area contributed by atoms with E-state index < -0.39 is 0 Å². The van der Waals surface area contributed by atoms with Crippen LogP contribution in [0.5, 0.6) is 0 Å². The van der Waals surface area contributed by atoms with E-state index >= 15 is 0 Å². The zero-order chi connectivity index (χ0) is 18.3. The third-order valence-corrected chi connectivity index (χ3v) is 3.24. The molecule has 2 rings (SSSR count). The lowest BCUT2D eigenvalue weighted by molar-refractivity contribution is -0.116. The van der Waals surface area contributed by atoms with E-state index in [4.69, 9.17) is 0 Å². The summed E-state index contributed by atoms with van der Waals surface area (Å²) in [6, 6.07) is 0. The third-order valence-electron chi connectivity index (χ3n) is 2.86. The van der Waals surface area contributed by atoms with Gasteiger partial charge in [-0.1, -0.05) is 0 Å². The molecule has 2 aromatic heterocycles. The molecule has 24 heavy (non-hydrogen) atoms. The van der Waals surface area contributed by atoms with Gasteiger partial charge >= 0.3 is 0 Å². The van der Waals surface area contributed by atoms with Crippen LogP contribution in [0.3, 0.4) is 0 Å². The van der Waals surface area contributed by atoms with Gasteiger partial charge in [-0.25, -0.2) is 15.0 Å². The van der Waals surface area contributed by atoms with Gasteiger partial charge in [0.1, 0.15) is 4.60 Å². The average Bonchev–Trinajstić information content (AvgIpc) is 2.49. The molecule has 0 unspecified atom stereocenters. The summed E-state index contributed by atoms with van der Waals surface area (Å²) in [6.45, 7) is 6.53. The summed E-state index contributed by atoms with van der Waals surface area (Å²) in [7, 11) is 1.67. The van der Waals surface area contributed by atoms with Gasteiger partial charge in [-0.05, 0) is 29.8 Å². The standard InChI is InChI=1S/C8H10BrN3O.C7H9N3O/c1-5-8(12(3)6(2)13)10-4-7(9)11-5;1-5-7(10-6(2)11)9-4-3-8-5/h4H,1-3H3;3-4H,1-2H3,(H,9,10,11). The van der Waals surface area contributed by atoms with Crippen LogP contribution in [-0.2, 0) is 9.59 Å². The molecule has 0 bridgehead atoms. The van der Waals surface area contributed by atoms with Gasteiger partial charge in [0, 0.05) is 33.3 Å². The van der Waals surface area contributed by atoms with Gasteiger partial charge in [-0.15, -0.1) is 0 Å². The molecule has 0 aromatic carbocycles. The van der Waals surface area contributed by atoms with E-state index in [0.717, 1.165) is 11.4 Å². The molecule has 2 aromatic rings. The number of carbonyl (C=O) groups is 2. The fourth-order valence-corrected chi connectivity index (χ4v) is 1.99. The highest BCUT2D eigenvalue weighted by molar-refractivity contribution is 9.10. The molecule has 0 atom stereocenters. The maximum absolute atomic E-state index is 11.0. The molecular formula is C15H19BrN6O2. The third kappa shape index (κ3) is 5.99. The van der Waals surface area contributed by atoms with Crippen molar-refractivity contribution >= 4 is 39.4 Å². The minimum Gasteiger partial charge on any atom is -0.309 e. The largest absolute Gasteiger partial charge is 0.309 e. The van der Waals surface area contributed by atoms with Crippen molar-refractivity contribution in [2.45, 2.75) is 27.7 Å². The fraction of sp³-hybridized carbons (Fsp3) is 0.333. The Morgan fingerprint density at radius 2 is 1.71 bits per heavy atom. The normalized spacial score (nSPS) is 9.58. The Balaban J connectivity index is 0.000000243. The van der Waals surface area contributed by atoms with Crippen LogP contribution < -0.4 is 10.2 Å². The Morgan fingerprint density at radius 1 is 1.08 bits per heavy atom. The number of hydrogen-bond donors (Lipinski definition) is 1. The van der Waals surface area contributed by atoms with E-state index in [2.05, 4.69) is 41.2 Å². The summed E-state index contributed by atoms with van der Waals surface area (Å²) in [5, 5.41) is 2.56. The number of aryl methyl sites for hydroxylation is 2. The second-order valence-corrected chi connectivity index (χ2v) is 5.66. The van der Waals surface area contributed by atoms with Gasteiger partial charge in [-0.2, -0.15) is 0 Å². The summed E-state index contributed by atoms with van der Waals surface area (Å²) in [5.41, 5.74) is 1.45. The van der Waals surface area contributed by atoms with Crippen molar-refractivity contribution in [1.82, 2.24) is 19.9 Å². The van der Waals surface area contributed by atoms with E-state index in [-0.39, 0.29) is 11.8 Å². The Kier molecular flexibility index (Phi) is 7.37. The SMILES string of the molecule is CC(=O)N(C)c1ncc(Br)nc1C.CC(=O)Nc1nccnc1C. The van der Waals surface area contributed by atoms with Crippen LogP contribution in [0.2, 0.25) is 0 Å². The van der Waals surface area contributed by atoms with Crippen LogP contribution in [0.1, 0.15) is 25.2 Å². The highest BCUT2D eigenvalue weighted by Gasteiger charge is 2.10. The lowest BCUT2D eigenvalue weighted by atomic mass is 10.4. The molecule has 0 saturated carbocycles. The number of nitrogens with zero attached hydrogens (tertiary/aromatic N) is 5. The molecular weight excluding hydrogens is 376 g/mol. The van der Waals surface area contributed by atoms with Crippen molar-refractivity contribution in [2.75, 3.05) is 17.3 Å². The smallest absolute Gasteiger partial charge is 0.224 e. The van der Waals surface area contributed by atoms with E-state index in [1.807, 2.05) is 6.92 Å². The molecule has 2 amide bonds. The zero-order valence-corrected chi connectivity index (χ0v) is 15.7. The van der Waals surface area contributed by atoms with Crippen molar-refractivity contribution in [2.24, 2.45) is 0 Å². The van der Waals surface area contributed by atoms with E-state index in [9.17, 15) is 9.59 Å². The van der Waals surface area contributed by atoms with E-state index in [1.54, 1.807) is 26.4 Å². The Labute approximate surface area is 148 Å². The second-order valence-electron chi connectivity index (χ2n) is 4.85. The first kappa shape index (κ1) is 19.6. The topological polar surface area (TPSA) is 101 Å². The van der Waals surface area contributed by atoms with Crippen LogP contribution in [-0.4, -0.2) is 38.8 Å². The summed E-state index contributed by atoms with van der Waals surface area (Å²) in [5.74, 6) is 0.934. The highest BCUT2D eigenvalue weighted by atomic mass is 79.9. The number of hydrogen-bond acceptors (Lipinski definition) is 6. The zero-order valence-electron chi connectivity index (χ0n) is 14.2. The van der Waals surface area contributed by atoms with Gasteiger partial charge in [0.2, 0.25) is 11.8 Å². The molecule has 128 valence electrons. The van der Waals surface area contributed by atoms with Crippen LogP contribution >= 0.6 is 15.9 Å². The number of nitrogens with one attached hydrogen (secondary N) is 1. The predicted octanol–water partition coefficient (Wildman–Crippen LogP) is 2.27. The molecule has 2 heterocycles. The summed E-state index contributed by atoms with van der Waals surface area (Å²) >= 11 is 3.21. The molecule has 0 aliphatic rings. The molecule has 0 aliphatic carbocycles. The Hall–Kier alpha value is -2.42. The van der Waals surface area contributed by atoms with Gasteiger partial charge in [0.25, 0.3) is 0 Å². The van der Waals surface area contributed by atoms with Crippen molar-refractivity contribution in [1.29, 1.82) is 0 Å². The Morgan fingerprint density at radius 3 is 2.21 bits per heavy atom. The molecule has 0 fully saturated rings. The molecule has 0 radical (unpaired) electrons. The lowest BCUT2D eigenvalue weighted by Gasteiger charge is -2.15. The number of halogens is 1. The lowest BCUT2D eigenvalue weighted by Crippen LogP contribution is -2.25. The Bertz CT molecular complexity index is 738. The van der Waals surface area contributed by atoms with Gasteiger partial charge in [0.05, 0.1) is 17.6 Å². The number of amides is 2. The van der Waals surface area contributed by atoms with Gasteiger partial charge in [-0.3, -0.25) is 19.5 Å². The fourth-order valence-electron chi connectivity index (χ4n) is 1.62. The van der Waals surface area contributed by atoms with Crippen LogP contribution in [0.4, 0.5) is 11.6 Å². The van der Waals surface area contributed by atoms with Crippen LogP contribution in [0, 0.1) is 13.8 Å². The van der Waals surface area contributed by atoms with E-state index in [1.165, 1.54) is 24.9 Å². The maximum atomic E-state index is 11.0. The number of anilines is 2. The number of aromatic nitrogens is 4. The number of carbonyl (C=O) groups excluding carboxylic acids is 2. The monoisotopic (exact) mass is 394 g/mol. The maximum Gasteiger partial charge on any atom is 0.224 e. The average molecular weight is 395 g/mol. The first-order valence-corrected chi connectivity index (χ1v) is 7.80. The first-order valence-electron chi connectivity index (χ1n) is 7.01. The molecule has 8 nitrogen and oxygen atoms in total. The minimum absolute atomic E-state index is 0.0558. The summed E-state index contributed by atoms with van der Waals surface area (Å²) in [6.07, 6.45) is 4.70. The van der Waals surface area contributed by atoms with Crippen molar-refractivity contribution in [3.8, 4) is 0 Å². The second kappa shape index (κ2) is 9.02. The summed E-state index contributed by atoms with van der Waals surface area (Å²) < 4.78 is 0.672. The first-order chi connectivity index (χ1) is 11.2. The highest BCUT2D eigenvalue weighted by Crippen LogP contribution is 2.15. The van der Waals surface area contributed by atoms with Crippen LogP contribution in [0.25, 0.3) is 0 Å². The molecule has 0 spiro atoms. The quantitative estimate of drug-likeness (QED) is 0.837. The van der Waals surface area contributed by atoms with Crippen molar-refractivity contribution in [3.05, 3.63) is 34.6 Å². The van der Waals surface area contributed by atoms with E-state index in [0.29, 0.717) is 16.2 Å². The molecule has 1 N–H and O–H groups in total. The summed E-state index contributed by atoms with van der Waals surface area (Å²) in [4.78, 5) is 39.2. The van der Waals surface area contributed by atoms with Gasteiger partial charge < -0.3 is 5.32 Å². The van der Waals surface area contributed by atoms with Gasteiger partial charge in [0.15, 0.2) is 11.6 Å². The predicted molar refractivity (Wildman–Crippen MR) is 94.6 cm³/mol. The molecule has 0 aliphatic heterocycles. The minimum atomic E-state index is -0.131. The molecule has 9 heteroatoms.